The summed E-state index contributed by atoms with van der Waals surface area (Å²) in [5.74, 6) is 1.15. The predicted molar refractivity (Wildman–Crippen MR) is 116 cm³/mol. The largest absolute Gasteiger partial charge is 0.496 e. The second-order valence-electron chi connectivity index (χ2n) is 6.16. The Kier molecular flexibility index (Phi) is 6.60. The number of rotatable bonds is 6. The molecule has 0 saturated heterocycles. The number of aryl methyl sites for hydroxylation is 1. The van der Waals surface area contributed by atoms with Gasteiger partial charge in [-0.25, -0.2) is 0 Å². The van der Waals surface area contributed by atoms with E-state index in [2.05, 4.69) is 21.2 Å². The number of carbonyl (C=O) groups excluding carboxylic acids is 1. The van der Waals surface area contributed by atoms with E-state index in [0.717, 1.165) is 15.6 Å². The zero-order chi connectivity index (χ0) is 20.1. The molecule has 0 bridgehead atoms. The van der Waals surface area contributed by atoms with Crippen molar-refractivity contribution >= 4 is 39.1 Å². The van der Waals surface area contributed by atoms with Crippen LogP contribution in [0.5, 0.6) is 11.5 Å². The SMILES string of the molecule is COc1ccc(C(=O)Nc2ccccc2Br)cc1COc1ccc(Cl)c(C)c1. The molecular weight excluding hydrogens is 442 g/mol. The summed E-state index contributed by atoms with van der Waals surface area (Å²) in [6, 6.07) is 18.2. The van der Waals surface area contributed by atoms with Crippen LogP contribution in [0.4, 0.5) is 5.69 Å². The third-order valence-corrected chi connectivity index (χ3v) is 5.30. The Morgan fingerprint density at radius 2 is 1.89 bits per heavy atom. The second kappa shape index (κ2) is 9.13. The lowest BCUT2D eigenvalue weighted by atomic mass is 10.1. The lowest BCUT2D eigenvalue weighted by Crippen LogP contribution is -2.13. The van der Waals surface area contributed by atoms with Crippen LogP contribution >= 0.6 is 27.5 Å². The highest BCUT2D eigenvalue weighted by atomic mass is 79.9. The number of nitrogens with one attached hydrogen (secondary N) is 1. The molecule has 6 heteroatoms. The number of amides is 1. The molecule has 1 amide bonds. The minimum Gasteiger partial charge on any atom is -0.496 e. The maximum Gasteiger partial charge on any atom is 0.255 e. The summed E-state index contributed by atoms with van der Waals surface area (Å²) in [5, 5.41) is 3.59. The van der Waals surface area contributed by atoms with Crippen LogP contribution in [-0.2, 0) is 6.61 Å². The van der Waals surface area contributed by atoms with Crippen molar-refractivity contribution in [2.45, 2.75) is 13.5 Å². The first-order valence-electron chi connectivity index (χ1n) is 8.59. The minimum absolute atomic E-state index is 0.210. The van der Waals surface area contributed by atoms with Crippen molar-refractivity contribution in [2.75, 3.05) is 12.4 Å². The summed E-state index contributed by atoms with van der Waals surface area (Å²) >= 11 is 9.49. The zero-order valence-electron chi connectivity index (χ0n) is 15.5. The average molecular weight is 461 g/mol. The summed E-state index contributed by atoms with van der Waals surface area (Å²) < 4.78 is 12.1. The van der Waals surface area contributed by atoms with Crippen LogP contribution in [0.1, 0.15) is 21.5 Å². The Morgan fingerprint density at radius 1 is 1.11 bits per heavy atom. The van der Waals surface area contributed by atoms with Crippen molar-refractivity contribution in [1.29, 1.82) is 0 Å². The van der Waals surface area contributed by atoms with E-state index in [9.17, 15) is 4.79 Å². The molecule has 144 valence electrons. The fraction of sp³-hybridized carbons (Fsp3) is 0.136. The molecule has 0 spiro atoms. The third kappa shape index (κ3) is 4.86. The first kappa shape index (κ1) is 20.2. The Labute approximate surface area is 177 Å². The number of hydrogen-bond donors (Lipinski definition) is 1. The van der Waals surface area contributed by atoms with Gasteiger partial charge in [0.1, 0.15) is 18.1 Å². The quantitative estimate of drug-likeness (QED) is 0.473. The van der Waals surface area contributed by atoms with Crippen LogP contribution in [0, 0.1) is 6.92 Å². The highest BCUT2D eigenvalue weighted by molar-refractivity contribution is 9.10. The Morgan fingerprint density at radius 3 is 2.61 bits per heavy atom. The van der Waals surface area contributed by atoms with Crippen LogP contribution < -0.4 is 14.8 Å². The first-order valence-corrected chi connectivity index (χ1v) is 9.77. The lowest BCUT2D eigenvalue weighted by molar-refractivity contribution is 0.102. The van der Waals surface area contributed by atoms with E-state index in [0.29, 0.717) is 27.8 Å². The predicted octanol–water partition coefficient (Wildman–Crippen LogP) is 6.25. The maximum absolute atomic E-state index is 12.6. The van der Waals surface area contributed by atoms with Crippen LogP contribution in [0.3, 0.4) is 0 Å². The topological polar surface area (TPSA) is 47.6 Å². The molecule has 28 heavy (non-hydrogen) atoms. The Balaban J connectivity index is 1.78. The molecule has 0 saturated carbocycles. The monoisotopic (exact) mass is 459 g/mol. The van der Waals surface area contributed by atoms with E-state index in [4.69, 9.17) is 21.1 Å². The molecule has 0 radical (unpaired) electrons. The van der Waals surface area contributed by atoms with Gasteiger partial charge in [-0.15, -0.1) is 0 Å². The molecule has 0 aromatic heterocycles. The third-order valence-electron chi connectivity index (χ3n) is 4.19. The summed E-state index contributed by atoms with van der Waals surface area (Å²) in [4.78, 5) is 12.6. The molecule has 3 rings (SSSR count). The number of anilines is 1. The summed E-state index contributed by atoms with van der Waals surface area (Å²) in [6.45, 7) is 2.18. The number of para-hydroxylation sites is 1. The van der Waals surface area contributed by atoms with Gasteiger partial charge in [0.15, 0.2) is 0 Å². The molecule has 0 aliphatic rings. The van der Waals surface area contributed by atoms with Crippen molar-refractivity contribution in [3.05, 3.63) is 86.8 Å². The fourth-order valence-corrected chi connectivity index (χ4v) is 3.16. The van der Waals surface area contributed by atoms with Crippen molar-refractivity contribution in [3.8, 4) is 11.5 Å². The number of benzene rings is 3. The highest BCUT2D eigenvalue weighted by Gasteiger charge is 2.12. The molecule has 0 aliphatic heterocycles. The van der Waals surface area contributed by atoms with E-state index in [1.807, 2.05) is 43.3 Å². The number of carbonyl (C=O) groups is 1. The normalized spacial score (nSPS) is 10.4. The molecule has 1 N–H and O–H groups in total. The van der Waals surface area contributed by atoms with Crippen LogP contribution in [-0.4, -0.2) is 13.0 Å². The van der Waals surface area contributed by atoms with Crippen LogP contribution in [0.2, 0.25) is 5.02 Å². The molecule has 3 aromatic rings. The van der Waals surface area contributed by atoms with E-state index >= 15 is 0 Å². The maximum atomic E-state index is 12.6. The number of hydrogen-bond acceptors (Lipinski definition) is 3. The van der Waals surface area contributed by atoms with Crippen LogP contribution in [0.15, 0.2) is 65.1 Å². The van der Waals surface area contributed by atoms with Gasteiger partial charge in [0.25, 0.3) is 5.91 Å². The number of methoxy groups -OCH3 is 1. The molecule has 3 aromatic carbocycles. The van der Waals surface area contributed by atoms with Crippen molar-refractivity contribution in [1.82, 2.24) is 0 Å². The molecule has 0 aliphatic carbocycles. The van der Waals surface area contributed by atoms with E-state index in [1.54, 1.807) is 31.4 Å². The first-order chi connectivity index (χ1) is 13.5. The van der Waals surface area contributed by atoms with Crippen molar-refractivity contribution < 1.29 is 14.3 Å². The Bertz CT molecular complexity index is 1010. The average Bonchev–Trinajstić information content (AvgIpc) is 2.70. The van der Waals surface area contributed by atoms with Gasteiger partial charge in [0.05, 0.1) is 12.8 Å². The van der Waals surface area contributed by atoms with Gasteiger partial charge >= 0.3 is 0 Å². The molecule has 4 nitrogen and oxygen atoms in total. The minimum atomic E-state index is -0.210. The fourth-order valence-electron chi connectivity index (χ4n) is 2.66. The molecular formula is C22H19BrClNO3. The van der Waals surface area contributed by atoms with Gasteiger partial charge in [0.2, 0.25) is 0 Å². The van der Waals surface area contributed by atoms with Crippen molar-refractivity contribution in [2.24, 2.45) is 0 Å². The summed E-state index contributed by atoms with van der Waals surface area (Å²) in [7, 11) is 1.59. The van der Waals surface area contributed by atoms with Gasteiger partial charge < -0.3 is 14.8 Å². The van der Waals surface area contributed by atoms with Gasteiger partial charge in [-0.1, -0.05) is 23.7 Å². The van der Waals surface area contributed by atoms with Crippen molar-refractivity contribution in [3.63, 3.8) is 0 Å². The summed E-state index contributed by atoms with van der Waals surface area (Å²) in [5.41, 5.74) is 2.93. The van der Waals surface area contributed by atoms with Crippen LogP contribution in [0.25, 0.3) is 0 Å². The van der Waals surface area contributed by atoms with E-state index in [1.165, 1.54) is 0 Å². The number of halogens is 2. The standard InChI is InChI=1S/C22H19BrClNO3/c1-14-11-17(8-9-19(14)24)28-13-16-12-15(7-10-21(16)27-2)22(26)25-20-6-4-3-5-18(20)23/h3-12H,13H2,1-2H3,(H,25,26). The van der Waals surface area contributed by atoms with E-state index < -0.39 is 0 Å². The molecule has 0 unspecified atom stereocenters. The highest BCUT2D eigenvalue weighted by Crippen LogP contribution is 2.26. The van der Waals surface area contributed by atoms with Gasteiger partial charge in [-0.2, -0.15) is 0 Å². The molecule has 0 heterocycles. The summed E-state index contributed by atoms with van der Waals surface area (Å²) in [6.07, 6.45) is 0. The molecule has 0 atom stereocenters. The number of ether oxygens (including phenoxy) is 2. The van der Waals surface area contributed by atoms with Gasteiger partial charge in [0, 0.05) is 20.6 Å². The second-order valence-corrected chi connectivity index (χ2v) is 7.42. The Hall–Kier alpha value is -2.50. The molecule has 0 fully saturated rings. The van der Waals surface area contributed by atoms with Gasteiger partial charge in [-0.05, 0) is 76.9 Å². The van der Waals surface area contributed by atoms with Gasteiger partial charge in [-0.3, -0.25) is 4.79 Å². The zero-order valence-corrected chi connectivity index (χ0v) is 17.8. The van der Waals surface area contributed by atoms with E-state index in [-0.39, 0.29) is 12.5 Å². The smallest absolute Gasteiger partial charge is 0.255 e. The lowest BCUT2D eigenvalue weighted by Gasteiger charge is -2.13.